The fraction of sp³-hybridized carbons (Fsp3) is 0.333. The van der Waals surface area contributed by atoms with Crippen molar-refractivity contribution < 1.29 is 22.7 Å². The Morgan fingerprint density at radius 3 is 2.39 bits per heavy atom. The minimum Gasteiger partial charge on any atom is -0.497 e. The minimum atomic E-state index is -3.73. The van der Waals surface area contributed by atoms with Gasteiger partial charge in [0.2, 0.25) is 15.9 Å². The summed E-state index contributed by atoms with van der Waals surface area (Å²) in [6.07, 6.45) is 0.712. The van der Waals surface area contributed by atoms with E-state index in [1.807, 2.05) is 13.8 Å². The highest BCUT2D eigenvalue weighted by atomic mass is 32.2. The summed E-state index contributed by atoms with van der Waals surface area (Å²) in [6.45, 7) is 3.84. The number of carbonyl (C=O) groups excluding carboxylic acids is 2. The first kappa shape index (κ1) is 21.9. The van der Waals surface area contributed by atoms with Gasteiger partial charge in [-0.25, -0.2) is 13.1 Å². The molecule has 0 saturated carbocycles. The topological polar surface area (TPSA) is 114 Å². The van der Waals surface area contributed by atoms with Gasteiger partial charge in [-0.3, -0.25) is 20.4 Å². The summed E-state index contributed by atoms with van der Waals surface area (Å²) in [6, 6.07) is 7.66. The molecule has 0 unspecified atom stereocenters. The molecular weight excluding hydrogens is 402 g/mol. The molecule has 0 radical (unpaired) electrons. The Labute approximate surface area is 168 Å². The monoisotopic (exact) mass is 425 g/mol. The number of ether oxygens (including phenoxy) is 1. The molecule has 3 N–H and O–H groups in total. The number of nitrogens with one attached hydrogen (secondary N) is 3. The van der Waals surface area contributed by atoms with Crippen molar-refractivity contribution in [2.45, 2.75) is 31.6 Å². The van der Waals surface area contributed by atoms with Crippen LogP contribution in [-0.4, -0.2) is 33.9 Å². The minimum absolute atomic E-state index is 0.0711. The number of carbonyl (C=O) groups is 2. The molecule has 28 heavy (non-hydrogen) atoms. The number of thiophene rings is 1. The molecule has 8 nitrogen and oxygen atoms in total. The van der Waals surface area contributed by atoms with Crippen molar-refractivity contribution in [3.63, 3.8) is 0 Å². The molecular formula is C18H23N3O5S2. The first-order valence-corrected chi connectivity index (χ1v) is 10.9. The van der Waals surface area contributed by atoms with Gasteiger partial charge in [0.15, 0.2) is 0 Å². The van der Waals surface area contributed by atoms with E-state index in [9.17, 15) is 18.0 Å². The van der Waals surface area contributed by atoms with Gasteiger partial charge in [-0.2, -0.15) is 0 Å². The van der Waals surface area contributed by atoms with Crippen LogP contribution in [0.3, 0.4) is 0 Å². The lowest BCUT2D eigenvalue weighted by Gasteiger charge is -2.08. The summed E-state index contributed by atoms with van der Waals surface area (Å²) < 4.78 is 31.7. The van der Waals surface area contributed by atoms with Crippen LogP contribution in [0.2, 0.25) is 0 Å². The van der Waals surface area contributed by atoms with Gasteiger partial charge in [-0.15, -0.1) is 11.3 Å². The van der Waals surface area contributed by atoms with Crippen LogP contribution in [0, 0.1) is 6.92 Å². The Hall–Kier alpha value is -2.43. The van der Waals surface area contributed by atoms with Crippen molar-refractivity contribution >= 4 is 33.2 Å². The zero-order chi connectivity index (χ0) is 20.7. The summed E-state index contributed by atoms with van der Waals surface area (Å²) in [5, 5.41) is 0. The molecule has 0 aliphatic rings. The molecule has 0 atom stereocenters. The van der Waals surface area contributed by atoms with E-state index in [1.165, 1.54) is 42.7 Å². The lowest BCUT2D eigenvalue weighted by Crippen LogP contribution is -2.42. The third-order valence-corrected chi connectivity index (χ3v) is 6.75. The summed E-state index contributed by atoms with van der Waals surface area (Å²) in [5.74, 6) is -0.365. The summed E-state index contributed by atoms with van der Waals surface area (Å²) in [5.41, 5.74) is 5.66. The number of benzene rings is 1. The Kier molecular flexibility index (Phi) is 7.55. The normalized spacial score (nSPS) is 11.1. The van der Waals surface area contributed by atoms with Gasteiger partial charge in [-0.05, 0) is 49.2 Å². The maximum Gasteiger partial charge on any atom is 0.279 e. The highest BCUT2D eigenvalue weighted by Crippen LogP contribution is 2.22. The van der Waals surface area contributed by atoms with E-state index in [0.29, 0.717) is 10.6 Å². The molecule has 1 aromatic heterocycles. The van der Waals surface area contributed by atoms with Crippen molar-refractivity contribution in [1.82, 2.24) is 15.6 Å². The van der Waals surface area contributed by atoms with E-state index >= 15 is 0 Å². The predicted octanol–water partition coefficient (Wildman–Crippen LogP) is 1.76. The Bertz CT molecular complexity index is 937. The van der Waals surface area contributed by atoms with Crippen molar-refractivity contribution in [3.05, 3.63) is 45.6 Å². The van der Waals surface area contributed by atoms with Gasteiger partial charge in [-0.1, -0.05) is 6.92 Å². The third kappa shape index (κ3) is 5.78. The van der Waals surface area contributed by atoms with Gasteiger partial charge >= 0.3 is 0 Å². The van der Waals surface area contributed by atoms with Crippen LogP contribution in [0.1, 0.15) is 33.5 Å². The highest BCUT2D eigenvalue weighted by molar-refractivity contribution is 7.89. The summed E-state index contributed by atoms with van der Waals surface area (Å²) in [4.78, 5) is 25.6. The van der Waals surface area contributed by atoms with Crippen LogP contribution in [0.4, 0.5) is 0 Å². The first-order chi connectivity index (χ1) is 13.3. The van der Waals surface area contributed by atoms with E-state index < -0.39 is 21.8 Å². The van der Waals surface area contributed by atoms with Gasteiger partial charge < -0.3 is 4.74 Å². The number of sulfonamides is 1. The average molecular weight is 426 g/mol. The van der Waals surface area contributed by atoms with Crippen molar-refractivity contribution in [2.24, 2.45) is 0 Å². The quantitative estimate of drug-likeness (QED) is 0.558. The highest BCUT2D eigenvalue weighted by Gasteiger charge is 2.15. The SMILES string of the molecule is CCc1sc(C(=O)NNC(=O)CCNS(=O)(=O)c2ccc(OC)cc2)cc1C. The average Bonchev–Trinajstić information content (AvgIpc) is 3.07. The van der Waals surface area contributed by atoms with Gasteiger partial charge in [0.05, 0.1) is 16.9 Å². The molecule has 2 aromatic rings. The van der Waals surface area contributed by atoms with E-state index in [0.717, 1.165) is 16.9 Å². The van der Waals surface area contributed by atoms with Crippen molar-refractivity contribution in [2.75, 3.05) is 13.7 Å². The third-order valence-electron chi connectivity index (χ3n) is 3.89. The maximum absolute atomic E-state index is 12.2. The number of rotatable bonds is 8. The van der Waals surface area contributed by atoms with E-state index in [-0.39, 0.29) is 17.9 Å². The molecule has 152 valence electrons. The number of amides is 2. The van der Waals surface area contributed by atoms with Gasteiger partial charge in [0.1, 0.15) is 5.75 Å². The van der Waals surface area contributed by atoms with Crippen LogP contribution in [-0.2, 0) is 21.2 Å². The maximum atomic E-state index is 12.2. The van der Waals surface area contributed by atoms with Crippen LogP contribution in [0.15, 0.2) is 35.2 Å². The molecule has 0 spiro atoms. The van der Waals surface area contributed by atoms with Crippen LogP contribution in [0.25, 0.3) is 0 Å². The zero-order valence-corrected chi connectivity index (χ0v) is 17.5. The van der Waals surface area contributed by atoms with Gasteiger partial charge in [0, 0.05) is 17.8 Å². The van der Waals surface area contributed by atoms with E-state index in [1.54, 1.807) is 6.07 Å². The summed E-state index contributed by atoms with van der Waals surface area (Å²) >= 11 is 1.38. The number of hydrazine groups is 1. The second kappa shape index (κ2) is 9.67. The number of hydrogen-bond donors (Lipinski definition) is 3. The molecule has 1 aromatic carbocycles. The first-order valence-electron chi connectivity index (χ1n) is 8.59. The largest absolute Gasteiger partial charge is 0.497 e. The molecule has 0 aliphatic heterocycles. The smallest absolute Gasteiger partial charge is 0.279 e. The van der Waals surface area contributed by atoms with Gasteiger partial charge in [0.25, 0.3) is 5.91 Å². The lowest BCUT2D eigenvalue weighted by molar-refractivity contribution is -0.121. The zero-order valence-electron chi connectivity index (χ0n) is 15.9. The fourth-order valence-electron chi connectivity index (χ4n) is 2.37. The molecule has 0 fully saturated rings. The molecule has 2 amide bonds. The lowest BCUT2D eigenvalue weighted by atomic mass is 10.2. The Balaban J connectivity index is 1.79. The molecule has 10 heteroatoms. The van der Waals surface area contributed by atoms with E-state index in [2.05, 4.69) is 15.6 Å². The fourth-order valence-corrected chi connectivity index (χ4v) is 4.41. The van der Waals surface area contributed by atoms with Crippen LogP contribution >= 0.6 is 11.3 Å². The van der Waals surface area contributed by atoms with E-state index in [4.69, 9.17) is 4.74 Å². The van der Waals surface area contributed by atoms with Crippen LogP contribution < -0.4 is 20.3 Å². The van der Waals surface area contributed by atoms with Crippen molar-refractivity contribution in [1.29, 1.82) is 0 Å². The summed E-state index contributed by atoms with van der Waals surface area (Å²) in [7, 11) is -2.24. The predicted molar refractivity (Wildman–Crippen MR) is 107 cm³/mol. The number of hydrogen-bond acceptors (Lipinski definition) is 6. The molecule has 0 saturated heterocycles. The molecule has 0 bridgehead atoms. The van der Waals surface area contributed by atoms with Crippen LogP contribution in [0.5, 0.6) is 5.75 Å². The molecule has 2 rings (SSSR count). The van der Waals surface area contributed by atoms with Crippen molar-refractivity contribution in [3.8, 4) is 5.75 Å². The number of methoxy groups -OCH3 is 1. The number of aryl methyl sites for hydroxylation is 2. The molecule has 1 heterocycles. The molecule has 0 aliphatic carbocycles. The standard InChI is InChI=1S/C18H23N3O5S2/c1-4-15-12(2)11-16(27-15)18(23)21-20-17(22)9-10-19-28(24,25)14-7-5-13(26-3)6-8-14/h5-8,11,19H,4,9-10H2,1-3H3,(H,20,22)(H,21,23). The Morgan fingerprint density at radius 1 is 1.14 bits per heavy atom. The second-order valence-corrected chi connectivity index (χ2v) is 8.80. The Morgan fingerprint density at radius 2 is 1.82 bits per heavy atom. The second-order valence-electron chi connectivity index (χ2n) is 5.90.